The molecule has 2 rings (SSSR count). The fourth-order valence-corrected chi connectivity index (χ4v) is 2.69. The van der Waals surface area contributed by atoms with Crippen LogP contribution in [0.3, 0.4) is 0 Å². The van der Waals surface area contributed by atoms with E-state index >= 15 is 0 Å². The number of hydrogen-bond acceptors (Lipinski definition) is 3. The number of carbonyl (C=O) groups excluding carboxylic acids is 2. The van der Waals surface area contributed by atoms with Crippen LogP contribution in [0.4, 0.5) is 0 Å². The van der Waals surface area contributed by atoms with Crippen molar-refractivity contribution in [2.75, 3.05) is 19.6 Å². The Morgan fingerprint density at radius 1 is 1.12 bits per heavy atom. The van der Waals surface area contributed by atoms with Crippen molar-refractivity contribution in [3.63, 3.8) is 0 Å². The van der Waals surface area contributed by atoms with Gasteiger partial charge in [-0.2, -0.15) is 0 Å². The smallest absolute Gasteiger partial charge is 0.234 e. The minimum Gasteiger partial charge on any atom is -0.353 e. The first kappa shape index (κ1) is 18.5. The van der Waals surface area contributed by atoms with Crippen LogP contribution in [0.15, 0.2) is 30.3 Å². The minimum absolute atomic E-state index is 0.0519. The molecule has 0 bridgehead atoms. The molecular formula is C19H29N3O2. The molecule has 2 amide bonds. The first-order valence-electron chi connectivity index (χ1n) is 8.68. The highest BCUT2D eigenvalue weighted by Crippen LogP contribution is 2.16. The van der Waals surface area contributed by atoms with Crippen LogP contribution < -0.4 is 10.6 Å². The van der Waals surface area contributed by atoms with Gasteiger partial charge in [-0.05, 0) is 18.4 Å². The van der Waals surface area contributed by atoms with Gasteiger partial charge in [-0.1, -0.05) is 51.1 Å². The number of nitrogens with one attached hydrogen (secondary N) is 2. The summed E-state index contributed by atoms with van der Waals surface area (Å²) in [5.74, 6) is 0.151. The highest BCUT2D eigenvalue weighted by atomic mass is 16.2. The molecule has 1 aromatic carbocycles. The van der Waals surface area contributed by atoms with Crippen LogP contribution in [0.2, 0.25) is 0 Å². The van der Waals surface area contributed by atoms with E-state index in [-0.39, 0.29) is 23.3 Å². The van der Waals surface area contributed by atoms with Crippen molar-refractivity contribution in [3.8, 4) is 0 Å². The van der Waals surface area contributed by atoms with Crippen LogP contribution in [0.25, 0.3) is 0 Å². The quantitative estimate of drug-likeness (QED) is 0.867. The molecule has 5 nitrogen and oxygen atoms in total. The second kappa shape index (κ2) is 8.29. The Morgan fingerprint density at radius 2 is 1.75 bits per heavy atom. The predicted octanol–water partition coefficient (Wildman–Crippen LogP) is 1.93. The van der Waals surface area contributed by atoms with E-state index in [2.05, 4.69) is 15.5 Å². The molecule has 0 spiro atoms. The molecule has 2 N–H and O–H groups in total. The lowest BCUT2D eigenvalue weighted by atomic mass is 9.94. The van der Waals surface area contributed by atoms with Gasteiger partial charge in [0.1, 0.15) is 0 Å². The third-order valence-electron chi connectivity index (χ3n) is 4.30. The lowest BCUT2D eigenvalue weighted by molar-refractivity contribution is -0.130. The summed E-state index contributed by atoms with van der Waals surface area (Å²) in [7, 11) is 0. The number of carbonyl (C=O) groups is 2. The minimum atomic E-state index is -0.353. The fraction of sp³-hybridized carbons (Fsp3) is 0.579. The number of amides is 2. The third-order valence-corrected chi connectivity index (χ3v) is 4.30. The molecule has 132 valence electrons. The summed E-state index contributed by atoms with van der Waals surface area (Å²) >= 11 is 0. The molecule has 1 fully saturated rings. The Morgan fingerprint density at radius 3 is 2.33 bits per heavy atom. The van der Waals surface area contributed by atoms with Crippen molar-refractivity contribution < 1.29 is 9.59 Å². The lowest BCUT2D eigenvalue weighted by Gasteiger charge is -2.33. The van der Waals surface area contributed by atoms with E-state index in [1.165, 1.54) is 0 Å². The first-order chi connectivity index (χ1) is 11.3. The van der Waals surface area contributed by atoms with E-state index < -0.39 is 0 Å². The van der Waals surface area contributed by atoms with Crippen LogP contribution in [-0.2, 0) is 16.1 Å². The summed E-state index contributed by atoms with van der Waals surface area (Å²) in [6.45, 7) is 8.45. The van der Waals surface area contributed by atoms with Crippen LogP contribution in [0, 0.1) is 5.41 Å². The Hall–Kier alpha value is -1.88. The van der Waals surface area contributed by atoms with Gasteiger partial charge in [0.05, 0.1) is 6.54 Å². The summed E-state index contributed by atoms with van der Waals surface area (Å²) < 4.78 is 0. The topological polar surface area (TPSA) is 61.4 Å². The molecule has 0 aliphatic carbocycles. The summed E-state index contributed by atoms with van der Waals surface area (Å²) in [4.78, 5) is 26.2. The summed E-state index contributed by atoms with van der Waals surface area (Å²) in [5.41, 5.74) is 0.753. The van der Waals surface area contributed by atoms with Crippen LogP contribution >= 0.6 is 0 Å². The van der Waals surface area contributed by atoms with Crippen molar-refractivity contribution >= 4 is 11.8 Å². The summed E-state index contributed by atoms with van der Waals surface area (Å²) in [6.07, 6.45) is 1.79. The molecule has 0 atom stereocenters. The van der Waals surface area contributed by atoms with E-state index in [9.17, 15) is 9.59 Å². The lowest BCUT2D eigenvalue weighted by Crippen LogP contribution is -2.49. The SMILES string of the molecule is CC(C)(C)C(=O)NC1CCN(CC(=O)NCc2ccccc2)CC1. The highest BCUT2D eigenvalue weighted by molar-refractivity contribution is 5.81. The average molecular weight is 331 g/mol. The molecule has 0 radical (unpaired) electrons. The maximum Gasteiger partial charge on any atom is 0.234 e. The Labute approximate surface area is 144 Å². The molecule has 1 aliphatic heterocycles. The van der Waals surface area contributed by atoms with E-state index in [4.69, 9.17) is 0 Å². The average Bonchev–Trinajstić information content (AvgIpc) is 2.55. The monoisotopic (exact) mass is 331 g/mol. The van der Waals surface area contributed by atoms with Crippen molar-refractivity contribution in [2.45, 2.75) is 46.2 Å². The summed E-state index contributed by atoms with van der Waals surface area (Å²) in [6, 6.07) is 10.1. The van der Waals surface area contributed by atoms with Crippen molar-refractivity contribution in [3.05, 3.63) is 35.9 Å². The molecule has 0 saturated carbocycles. The van der Waals surface area contributed by atoms with Gasteiger partial charge in [-0.15, -0.1) is 0 Å². The maximum absolute atomic E-state index is 12.1. The fourth-order valence-electron chi connectivity index (χ4n) is 2.69. The molecule has 5 heteroatoms. The zero-order valence-corrected chi connectivity index (χ0v) is 15.0. The number of benzene rings is 1. The van der Waals surface area contributed by atoms with Gasteiger partial charge in [-0.3, -0.25) is 14.5 Å². The van der Waals surface area contributed by atoms with E-state index in [0.29, 0.717) is 13.1 Å². The van der Waals surface area contributed by atoms with E-state index in [1.54, 1.807) is 0 Å². The van der Waals surface area contributed by atoms with Crippen molar-refractivity contribution in [1.82, 2.24) is 15.5 Å². The molecule has 1 aromatic rings. The normalized spacial score (nSPS) is 16.6. The number of piperidine rings is 1. The number of nitrogens with zero attached hydrogens (tertiary/aromatic N) is 1. The van der Waals surface area contributed by atoms with E-state index in [1.807, 2.05) is 51.1 Å². The van der Waals surface area contributed by atoms with Gasteiger partial charge in [0.15, 0.2) is 0 Å². The van der Waals surface area contributed by atoms with Gasteiger partial charge in [0.2, 0.25) is 11.8 Å². The number of likely N-dealkylation sites (tertiary alicyclic amines) is 1. The maximum atomic E-state index is 12.1. The summed E-state index contributed by atoms with van der Waals surface area (Å²) in [5, 5.41) is 6.07. The van der Waals surface area contributed by atoms with E-state index in [0.717, 1.165) is 31.5 Å². The van der Waals surface area contributed by atoms with Crippen LogP contribution in [0.1, 0.15) is 39.2 Å². The standard InChI is InChI=1S/C19H29N3O2/c1-19(2,3)18(24)21-16-9-11-22(12-10-16)14-17(23)20-13-15-7-5-4-6-8-15/h4-8,16H,9-14H2,1-3H3,(H,20,23)(H,21,24). The molecule has 1 aliphatic rings. The molecular weight excluding hydrogens is 302 g/mol. The van der Waals surface area contributed by atoms with Crippen molar-refractivity contribution in [1.29, 1.82) is 0 Å². The molecule has 24 heavy (non-hydrogen) atoms. The van der Waals surface area contributed by atoms with Gasteiger partial charge >= 0.3 is 0 Å². The van der Waals surface area contributed by atoms with Gasteiger partial charge in [0.25, 0.3) is 0 Å². The molecule has 1 saturated heterocycles. The zero-order valence-electron chi connectivity index (χ0n) is 15.0. The molecule has 0 unspecified atom stereocenters. The molecule has 0 aromatic heterocycles. The van der Waals surface area contributed by atoms with Crippen molar-refractivity contribution in [2.24, 2.45) is 5.41 Å². The van der Waals surface area contributed by atoms with Gasteiger partial charge in [-0.25, -0.2) is 0 Å². The predicted molar refractivity (Wildman–Crippen MR) is 95.3 cm³/mol. The second-order valence-corrected chi connectivity index (χ2v) is 7.54. The van der Waals surface area contributed by atoms with Crippen LogP contribution in [-0.4, -0.2) is 42.4 Å². The first-order valence-corrected chi connectivity index (χ1v) is 8.68. The Kier molecular flexibility index (Phi) is 6.37. The second-order valence-electron chi connectivity index (χ2n) is 7.54. The largest absolute Gasteiger partial charge is 0.353 e. The zero-order chi connectivity index (χ0) is 17.6. The molecule has 1 heterocycles. The van der Waals surface area contributed by atoms with Gasteiger partial charge < -0.3 is 10.6 Å². The van der Waals surface area contributed by atoms with Crippen LogP contribution in [0.5, 0.6) is 0 Å². The third kappa shape index (κ3) is 5.96. The highest BCUT2D eigenvalue weighted by Gasteiger charge is 2.26. The number of rotatable bonds is 5. The number of hydrogen-bond donors (Lipinski definition) is 2. The van der Waals surface area contributed by atoms with Gasteiger partial charge in [0, 0.05) is 31.1 Å². The Bertz CT molecular complexity index is 543. The Balaban J connectivity index is 1.67.